The quantitative estimate of drug-likeness (QED) is 0.432. The molecule has 0 heterocycles. The average molecular weight is 301 g/mol. The zero-order valence-electron chi connectivity index (χ0n) is 12.3. The Labute approximate surface area is 123 Å². The van der Waals surface area contributed by atoms with E-state index < -0.39 is 11.6 Å². The second kappa shape index (κ2) is 10.1. The first kappa shape index (κ1) is 17.3. The lowest BCUT2D eigenvalue weighted by Crippen LogP contribution is -2.38. The van der Waals surface area contributed by atoms with Crippen LogP contribution < -0.4 is 10.6 Å². The van der Waals surface area contributed by atoms with Crippen LogP contribution in [0, 0.1) is 11.6 Å². The fraction of sp³-hybridized carbons (Fsp3) is 0.500. The zero-order chi connectivity index (χ0) is 15.5. The van der Waals surface area contributed by atoms with Crippen LogP contribution in [0.4, 0.5) is 8.78 Å². The molecule has 0 bridgehead atoms. The smallest absolute Gasteiger partial charge is 0.191 e. The first-order chi connectivity index (χ1) is 10.2. The van der Waals surface area contributed by atoms with Crippen LogP contribution in [0.15, 0.2) is 23.2 Å². The molecule has 0 radical (unpaired) electrons. The molecule has 0 amide bonds. The molecule has 0 aromatic heterocycles. The van der Waals surface area contributed by atoms with Gasteiger partial charge in [0.2, 0.25) is 0 Å². The minimum atomic E-state index is -0.470. The number of hydrogen-bond donors (Lipinski definition) is 2. The molecule has 5 nitrogen and oxygen atoms in total. The molecule has 0 spiro atoms. The van der Waals surface area contributed by atoms with Crippen molar-refractivity contribution in [1.82, 2.24) is 10.6 Å². The maximum Gasteiger partial charge on any atom is 0.191 e. The van der Waals surface area contributed by atoms with E-state index in [1.807, 2.05) is 0 Å². The molecule has 0 saturated heterocycles. The zero-order valence-corrected chi connectivity index (χ0v) is 12.3. The maximum absolute atomic E-state index is 13.5. The molecule has 2 N–H and O–H groups in total. The van der Waals surface area contributed by atoms with Gasteiger partial charge in [-0.15, -0.1) is 0 Å². The third-order valence-corrected chi connectivity index (χ3v) is 2.65. The van der Waals surface area contributed by atoms with Crippen LogP contribution >= 0.6 is 0 Å². The highest BCUT2D eigenvalue weighted by molar-refractivity contribution is 5.79. The third kappa shape index (κ3) is 7.01. The van der Waals surface area contributed by atoms with Gasteiger partial charge in [0.05, 0.1) is 19.8 Å². The van der Waals surface area contributed by atoms with Gasteiger partial charge in [-0.3, -0.25) is 4.99 Å². The molecule has 21 heavy (non-hydrogen) atoms. The first-order valence-electron chi connectivity index (χ1n) is 6.62. The number of guanidine groups is 1. The van der Waals surface area contributed by atoms with Crippen LogP contribution in [0.1, 0.15) is 5.56 Å². The predicted molar refractivity (Wildman–Crippen MR) is 77.3 cm³/mol. The van der Waals surface area contributed by atoms with Crippen LogP contribution in [0.3, 0.4) is 0 Å². The van der Waals surface area contributed by atoms with E-state index in [1.165, 1.54) is 0 Å². The molecule has 1 rings (SSSR count). The van der Waals surface area contributed by atoms with Crippen molar-refractivity contribution in [2.45, 2.75) is 6.54 Å². The number of aliphatic imine (C=N–C) groups is 1. The van der Waals surface area contributed by atoms with Crippen molar-refractivity contribution in [3.63, 3.8) is 0 Å². The fourth-order valence-corrected chi connectivity index (χ4v) is 1.56. The van der Waals surface area contributed by atoms with E-state index in [0.29, 0.717) is 32.3 Å². The largest absolute Gasteiger partial charge is 0.382 e. The van der Waals surface area contributed by atoms with E-state index in [2.05, 4.69) is 15.6 Å². The maximum atomic E-state index is 13.5. The molecule has 0 atom stereocenters. The lowest BCUT2D eigenvalue weighted by molar-refractivity contribution is 0.0733. The molecule has 1 aromatic carbocycles. The summed E-state index contributed by atoms with van der Waals surface area (Å²) in [6, 6.07) is 3.35. The molecular formula is C14H21F2N3O2. The van der Waals surface area contributed by atoms with Crippen LogP contribution in [-0.4, -0.2) is 46.5 Å². The Balaban J connectivity index is 2.30. The number of nitrogens with zero attached hydrogens (tertiary/aromatic N) is 1. The van der Waals surface area contributed by atoms with E-state index in [9.17, 15) is 8.78 Å². The minimum Gasteiger partial charge on any atom is -0.382 e. The highest BCUT2D eigenvalue weighted by atomic mass is 19.1. The fourth-order valence-electron chi connectivity index (χ4n) is 1.56. The van der Waals surface area contributed by atoms with Crippen LogP contribution in [0.5, 0.6) is 0 Å². The normalized spacial score (nSPS) is 11.5. The predicted octanol–water partition coefficient (Wildman–Crippen LogP) is 1.29. The Hall–Kier alpha value is -1.73. The van der Waals surface area contributed by atoms with Crippen molar-refractivity contribution in [3.8, 4) is 0 Å². The average Bonchev–Trinajstić information content (AvgIpc) is 2.49. The van der Waals surface area contributed by atoms with Gasteiger partial charge in [0, 0.05) is 32.8 Å². The SMILES string of the molecule is CN=C(NCCOCCOC)NCc1cc(F)ccc1F. The summed E-state index contributed by atoms with van der Waals surface area (Å²) in [7, 11) is 3.21. The van der Waals surface area contributed by atoms with E-state index in [1.54, 1.807) is 14.2 Å². The highest BCUT2D eigenvalue weighted by Gasteiger charge is 2.05. The van der Waals surface area contributed by atoms with Gasteiger partial charge in [0.1, 0.15) is 11.6 Å². The summed E-state index contributed by atoms with van der Waals surface area (Å²) >= 11 is 0. The minimum absolute atomic E-state index is 0.147. The number of methoxy groups -OCH3 is 1. The van der Waals surface area contributed by atoms with Crippen LogP contribution in [-0.2, 0) is 16.0 Å². The van der Waals surface area contributed by atoms with Gasteiger partial charge in [0.15, 0.2) is 5.96 Å². The molecule has 0 aliphatic heterocycles. The van der Waals surface area contributed by atoms with Crippen molar-refractivity contribution >= 4 is 5.96 Å². The summed E-state index contributed by atoms with van der Waals surface area (Å²) in [5.41, 5.74) is 0.245. The molecule has 118 valence electrons. The molecular weight excluding hydrogens is 280 g/mol. The summed E-state index contributed by atoms with van der Waals surface area (Å²) < 4.78 is 36.6. The third-order valence-electron chi connectivity index (χ3n) is 2.65. The highest BCUT2D eigenvalue weighted by Crippen LogP contribution is 2.08. The molecule has 0 fully saturated rings. The number of nitrogens with one attached hydrogen (secondary N) is 2. The summed E-state index contributed by atoms with van der Waals surface area (Å²) in [5, 5.41) is 5.92. The molecule has 7 heteroatoms. The summed E-state index contributed by atoms with van der Waals surface area (Å²) in [5.74, 6) is -0.432. The van der Waals surface area contributed by atoms with E-state index in [0.717, 1.165) is 18.2 Å². The van der Waals surface area contributed by atoms with Crippen molar-refractivity contribution in [3.05, 3.63) is 35.4 Å². The Morgan fingerprint density at radius 2 is 2.00 bits per heavy atom. The van der Waals surface area contributed by atoms with Gasteiger partial charge in [0.25, 0.3) is 0 Å². The van der Waals surface area contributed by atoms with Crippen molar-refractivity contribution in [2.75, 3.05) is 40.5 Å². The summed E-state index contributed by atoms with van der Waals surface area (Å²) in [6.45, 7) is 2.27. The first-order valence-corrected chi connectivity index (χ1v) is 6.62. The molecule has 1 aromatic rings. The number of hydrogen-bond acceptors (Lipinski definition) is 3. The van der Waals surface area contributed by atoms with Gasteiger partial charge >= 0.3 is 0 Å². The van der Waals surface area contributed by atoms with Gasteiger partial charge in [-0.1, -0.05) is 0 Å². The molecule has 0 unspecified atom stereocenters. The van der Waals surface area contributed by atoms with Crippen molar-refractivity contribution in [1.29, 1.82) is 0 Å². The second-order valence-corrected chi connectivity index (χ2v) is 4.19. The molecule has 0 aliphatic carbocycles. The Kier molecular flexibility index (Phi) is 8.30. The second-order valence-electron chi connectivity index (χ2n) is 4.19. The van der Waals surface area contributed by atoms with Gasteiger partial charge in [-0.25, -0.2) is 8.78 Å². The lowest BCUT2D eigenvalue weighted by atomic mass is 10.2. The molecule has 0 aliphatic rings. The van der Waals surface area contributed by atoms with Gasteiger partial charge in [-0.05, 0) is 18.2 Å². The Bertz CT molecular complexity index is 456. The number of benzene rings is 1. The standard InChI is InChI=1S/C14H21F2N3O2/c1-17-14(18-5-6-21-8-7-20-2)19-10-11-9-12(15)3-4-13(11)16/h3-4,9H,5-8,10H2,1-2H3,(H2,17,18,19). The summed E-state index contributed by atoms with van der Waals surface area (Å²) in [4.78, 5) is 3.99. The van der Waals surface area contributed by atoms with Crippen LogP contribution in [0.25, 0.3) is 0 Å². The number of halogens is 2. The summed E-state index contributed by atoms with van der Waals surface area (Å²) in [6.07, 6.45) is 0. The van der Waals surface area contributed by atoms with E-state index >= 15 is 0 Å². The number of rotatable bonds is 8. The van der Waals surface area contributed by atoms with Crippen molar-refractivity contribution in [2.24, 2.45) is 4.99 Å². The Morgan fingerprint density at radius 3 is 2.71 bits per heavy atom. The topological polar surface area (TPSA) is 54.9 Å². The van der Waals surface area contributed by atoms with Gasteiger partial charge < -0.3 is 20.1 Å². The van der Waals surface area contributed by atoms with Gasteiger partial charge in [-0.2, -0.15) is 0 Å². The Morgan fingerprint density at radius 1 is 1.19 bits per heavy atom. The van der Waals surface area contributed by atoms with E-state index in [4.69, 9.17) is 9.47 Å². The van der Waals surface area contributed by atoms with Crippen LogP contribution in [0.2, 0.25) is 0 Å². The lowest BCUT2D eigenvalue weighted by Gasteiger charge is -2.12. The number of ether oxygens (including phenoxy) is 2. The molecule has 0 saturated carbocycles. The van der Waals surface area contributed by atoms with E-state index in [-0.39, 0.29) is 12.1 Å². The monoisotopic (exact) mass is 301 g/mol. The van der Waals surface area contributed by atoms with Crippen molar-refractivity contribution < 1.29 is 18.3 Å².